The lowest BCUT2D eigenvalue weighted by Gasteiger charge is -2.13. The van der Waals surface area contributed by atoms with E-state index in [1.807, 2.05) is 60.7 Å². The van der Waals surface area contributed by atoms with Crippen molar-refractivity contribution in [2.45, 2.75) is 19.1 Å². The van der Waals surface area contributed by atoms with E-state index in [0.717, 1.165) is 11.1 Å². The van der Waals surface area contributed by atoms with Crippen molar-refractivity contribution < 1.29 is 19.1 Å². The van der Waals surface area contributed by atoms with Crippen LogP contribution >= 0.6 is 0 Å². The number of benzene rings is 2. The Hall–Kier alpha value is -3.15. The molecule has 1 atom stereocenters. The molecule has 0 fully saturated rings. The summed E-state index contributed by atoms with van der Waals surface area (Å²) in [5, 5.41) is 4.92. The topological polar surface area (TPSA) is 84.5 Å². The number of carbonyl (C=O) groups excluding carboxylic acids is 3. The molecule has 0 aromatic heterocycles. The summed E-state index contributed by atoms with van der Waals surface area (Å²) < 4.78 is 5.01. The second-order valence-electron chi connectivity index (χ2n) is 5.42. The van der Waals surface area contributed by atoms with Crippen LogP contribution in [0.4, 0.5) is 4.79 Å². The number of amides is 2. The molecule has 0 saturated carbocycles. The molecule has 1 unspecified atom stereocenters. The first kappa shape index (κ1) is 18.2. The SMILES string of the molecule is O=CC(Cc1ccccc1)NC(=O)CNC(=O)OCc1ccccc1. The molecule has 0 aliphatic rings. The maximum Gasteiger partial charge on any atom is 0.407 e. The van der Waals surface area contributed by atoms with E-state index in [9.17, 15) is 14.4 Å². The monoisotopic (exact) mass is 340 g/mol. The third-order valence-corrected chi connectivity index (χ3v) is 3.42. The van der Waals surface area contributed by atoms with E-state index in [1.54, 1.807) is 0 Å². The lowest BCUT2D eigenvalue weighted by atomic mass is 10.1. The zero-order chi connectivity index (χ0) is 17.9. The summed E-state index contributed by atoms with van der Waals surface area (Å²) >= 11 is 0. The summed E-state index contributed by atoms with van der Waals surface area (Å²) in [4.78, 5) is 34.5. The molecule has 6 heteroatoms. The fourth-order valence-electron chi connectivity index (χ4n) is 2.19. The number of hydrogen-bond donors (Lipinski definition) is 2. The van der Waals surface area contributed by atoms with E-state index in [0.29, 0.717) is 12.7 Å². The predicted molar refractivity (Wildman–Crippen MR) is 92.8 cm³/mol. The van der Waals surface area contributed by atoms with Crippen molar-refractivity contribution in [3.63, 3.8) is 0 Å². The lowest BCUT2D eigenvalue weighted by molar-refractivity contribution is -0.123. The van der Waals surface area contributed by atoms with E-state index >= 15 is 0 Å². The fraction of sp³-hybridized carbons (Fsp3) is 0.211. The Labute approximate surface area is 146 Å². The second kappa shape index (κ2) is 9.87. The number of carbonyl (C=O) groups is 3. The van der Waals surface area contributed by atoms with Crippen LogP contribution in [0.5, 0.6) is 0 Å². The van der Waals surface area contributed by atoms with Gasteiger partial charge in [-0.3, -0.25) is 4.79 Å². The van der Waals surface area contributed by atoms with Gasteiger partial charge in [-0.1, -0.05) is 60.7 Å². The molecule has 0 radical (unpaired) electrons. The maximum atomic E-state index is 11.8. The van der Waals surface area contributed by atoms with Gasteiger partial charge in [0.05, 0.1) is 6.04 Å². The van der Waals surface area contributed by atoms with Crippen LogP contribution in [0.2, 0.25) is 0 Å². The van der Waals surface area contributed by atoms with Gasteiger partial charge in [0, 0.05) is 0 Å². The molecule has 130 valence electrons. The van der Waals surface area contributed by atoms with Gasteiger partial charge in [0.2, 0.25) is 5.91 Å². The van der Waals surface area contributed by atoms with Crippen LogP contribution in [-0.4, -0.2) is 30.9 Å². The highest BCUT2D eigenvalue weighted by molar-refractivity contribution is 5.84. The Bertz CT molecular complexity index is 689. The van der Waals surface area contributed by atoms with E-state index in [-0.39, 0.29) is 13.2 Å². The fourth-order valence-corrected chi connectivity index (χ4v) is 2.19. The zero-order valence-corrected chi connectivity index (χ0v) is 13.7. The lowest BCUT2D eigenvalue weighted by Crippen LogP contribution is -2.43. The van der Waals surface area contributed by atoms with Gasteiger partial charge in [-0.25, -0.2) is 4.79 Å². The molecule has 0 bridgehead atoms. The third kappa shape index (κ3) is 6.87. The zero-order valence-electron chi connectivity index (χ0n) is 13.7. The van der Waals surface area contributed by atoms with Crippen molar-refractivity contribution in [3.05, 3.63) is 71.8 Å². The van der Waals surface area contributed by atoms with Gasteiger partial charge in [0.1, 0.15) is 19.4 Å². The van der Waals surface area contributed by atoms with Crippen LogP contribution in [0.25, 0.3) is 0 Å². The van der Waals surface area contributed by atoms with Crippen molar-refractivity contribution in [2.75, 3.05) is 6.54 Å². The first-order valence-electron chi connectivity index (χ1n) is 7.90. The normalized spacial score (nSPS) is 11.2. The minimum atomic E-state index is -0.690. The van der Waals surface area contributed by atoms with Crippen molar-refractivity contribution in [1.29, 1.82) is 0 Å². The van der Waals surface area contributed by atoms with E-state index in [2.05, 4.69) is 10.6 Å². The number of nitrogens with one attached hydrogen (secondary N) is 2. The van der Waals surface area contributed by atoms with Gasteiger partial charge >= 0.3 is 6.09 Å². The highest BCUT2D eigenvalue weighted by Gasteiger charge is 2.13. The first-order valence-corrected chi connectivity index (χ1v) is 7.90. The molecule has 25 heavy (non-hydrogen) atoms. The summed E-state index contributed by atoms with van der Waals surface area (Å²) in [6, 6.07) is 17.9. The standard InChI is InChI=1S/C19H20N2O4/c22-13-17(11-15-7-3-1-4-8-15)21-18(23)12-20-19(24)25-14-16-9-5-2-6-10-16/h1-10,13,17H,11-12,14H2,(H,20,24)(H,21,23). The molecule has 2 aromatic rings. The molecule has 0 heterocycles. The van der Waals surface area contributed by atoms with Crippen molar-refractivity contribution >= 4 is 18.3 Å². The van der Waals surface area contributed by atoms with Crippen molar-refractivity contribution in [3.8, 4) is 0 Å². The number of aldehydes is 1. The van der Waals surface area contributed by atoms with E-state index < -0.39 is 18.0 Å². The summed E-state index contributed by atoms with van der Waals surface area (Å²) in [7, 11) is 0. The molecule has 2 N–H and O–H groups in total. The van der Waals surface area contributed by atoms with Gasteiger partial charge in [-0.05, 0) is 17.5 Å². The van der Waals surface area contributed by atoms with E-state index in [1.165, 1.54) is 0 Å². The summed E-state index contributed by atoms with van der Waals surface area (Å²) in [5.41, 5.74) is 1.79. The Kier molecular flexibility index (Phi) is 7.18. The minimum Gasteiger partial charge on any atom is -0.445 e. The van der Waals surface area contributed by atoms with Gasteiger partial charge < -0.3 is 20.2 Å². The van der Waals surface area contributed by atoms with Crippen LogP contribution < -0.4 is 10.6 Å². The molecule has 2 amide bonds. The maximum absolute atomic E-state index is 11.8. The molecule has 0 aliphatic carbocycles. The Morgan fingerprint density at radius 2 is 1.56 bits per heavy atom. The van der Waals surface area contributed by atoms with Gasteiger partial charge in [0.15, 0.2) is 0 Å². The van der Waals surface area contributed by atoms with Crippen molar-refractivity contribution in [2.24, 2.45) is 0 Å². The summed E-state index contributed by atoms with van der Waals surface area (Å²) in [6.07, 6.45) is 0.386. The predicted octanol–water partition coefficient (Wildman–Crippen LogP) is 1.84. The first-order chi connectivity index (χ1) is 12.2. The van der Waals surface area contributed by atoms with Gasteiger partial charge in [0.25, 0.3) is 0 Å². The minimum absolute atomic E-state index is 0.124. The molecular weight excluding hydrogens is 320 g/mol. The molecule has 6 nitrogen and oxygen atoms in total. The Balaban J connectivity index is 1.70. The van der Waals surface area contributed by atoms with Crippen LogP contribution in [0.3, 0.4) is 0 Å². The molecular formula is C19H20N2O4. The molecule has 0 spiro atoms. The van der Waals surface area contributed by atoms with Crippen LogP contribution in [0, 0.1) is 0 Å². The van der Waals surface area contributed by atoms with Crippen molar-refractivity contribution in [1.82, 2.24) is 10.6 Å². The molecule has 2 rings (SSSR count). The Morgan fingerprint density at radius 1 is 0.960 bits per heavy atom. The van der Waals surface area contributed by atoms with Gasteiger partial charge in [-0.2, -0.15) is 0 Å². The second-order valence-corrected chi connectivity index (χ2v) is 5.42. The van der Waals surface area contributed by atoms with E-state index in [4.69, 9.17) is 4.74 Å². The van der Waals surface area contributed by atoms with Crippen LogP contribution in [0.1, 0.15) is 11.1 Å². The molecule has 2 aromatic carbocycles. The summed E-state index contributed by atoms with van der Waals surface area (Å²) in [5.74, 6) is -0.454. The number of alkyl carbamates (subject to hydrolysis) is 1. The number of ether oxygens (including phenoxy) is 1. The highest BCUT2D eigenvalue weighted by Crippen LogP contribution is 2.02. The number of rotatable bonds is 8. The summed E-state index contributed by atoms with van der Waals surface area (Å²) in [6.45, 7) is -0.133. The largest absolute Gasteiger partial charge is 0.445 e. The van der Waals surface area contributed by atoms with Gasteiger partial charge in [-0.15, -0.1) is 0 Å². The Morgan fingerprint density at radius 3 is 2.16 bits per heavy atom. The van der Waals surface area contributed by atoms with Crippen LogP contribution in [0.15, 0.2) is 60.7 Å². The quantitative estimate of drug-likeness (QED) is 0.718. The average molecular weight is 340 g/mol. The third-order valence-electron chi connectivity index (χ3n) is 3.42. The highest BCUT2D eigenvalue weighted by atomic mass is 16.5. The van der Waals surface area contributed by atoms with Crippen LogP contribution in [-0.2, 0) is 27.4 Å². The molecule has 0 aliphatic heterocycles. The molecule has 0 saturated heterocycles. The average Bonchev–Trinajstić information content (AvgIpc) is 2.66. The number of hydrogen-bond acceptors (Lipinski definition) is 4. The smallest absolute Gasteiger partial charge is 0.407 e.